The van der Waals surface area contributed by atoms with Gasteiger partial charge in [-0.05, 0) is 54.5 Å². The molecule has 0 aromatic heterocycles. The van der Waals surface area contributed by atoms with E-state index in [9.17, 15) is 18.3 Å². The second kappa shape index (κ2) is 13.5. The number of aliphatic hydroxyl groups is 1. The van der Waals surface area contributed by atoms with Crippen molar-refractivity contribution in [2.45, 2.75) is 69.8 Å². The van der Waals surface area contributed by atoms with Crippen molar-refractivity contribution in [1.82, 2.24) is 4.72 Å². The number of esters is 1. The fourth-order valence-corrected chi connectivity index (χ4v) is 6.33. The van der Waals surface area contributed by atoms with E-state index in [-0.39, 0.29) is 17.2 Å². The molecule has 0 radical (unpaired) electrons. The molecule has 4 rings (SSSR count). The summed E-state index contributed by atoms with van der Waals surface area (Å²) in [5.74, 6) is -1.13. The maximum absolute atomic E-state index is 13.5. The van der Waals surface area contributed by atoms with Crippen molar-refractivity contribution in [2.75, 3.05) is 6.61 Å². The highest BCUT2D eigenvalue weighted by Gasteiger charge is 2.40. The van der Waals surface area contributed by atoms with Crippen LogP contribution in [0.4, 0.5) is 0 Å². The summed E-state index contributed by atoms with van der Waals surface area (Å²) in [6.07, 6.45) is -0.571. The van der Waals surface area contributed by atoms with Crippen molar-refractivity contribution in [3.8, 4) is 0 Å². The van der Waals surface area contributed by atoms with Gasteiger partial charge in [0.1, 0.15) is 6.10 Å². The highest BCUT2D eigenvalue weighted by atomic mass is 32.2. The van der Waals surface area contributed by atoms with Crippen molar-refractivity contribution in [2.24, 2.45) is 11.8 Å². The van der Waals surface area contributed by atoms with Crippen LogP contribution in [0.5, 0.6) is 0 Å². The first-order chi connectivity index (χ1) is 19.1. The number of hydrogen-bond donors (Lipinski definition) is 2. The Morgan fingerprint density at radius 1 is 1.00 bits per heavy atom. The maximum atomic E-state index is 13.5. The number of carbonyl (C=O) groups excluding carboxylic acids is 1. The molecule has 0 saturated carbocycles. The first kappa shape index (κ1) is 29.9. The number of nitrogens with one attached hydrogen (secondary N) is 1. The SMILES string of the molecule is Cc1ccc(S(=O)(=O)N[C@H]2c3ccccc3C[C@H]2OC(=O)[C@@H](CC(C)C)[C@@H](O)CCOCc2ccccc2)cc1. The molecule has 0 spiro atoms. The lowest BCUT2D eigenvalue weighted by Crippen LogP contribution is -2.39. The summed E-state index contributed by atoms with van der Waals surface area (Å²) in [7, 11) is -3.87. The summed E-state index contributed by atoms with van der Waals surface area (Å²) < 4.78 is 41.1. The lowest BCUT2D eigenvalue weighted by molar-refractivity contribution is -0.160. The number of rotatable bonds is 13. The van der Waals surface area contributed by atoms with Gasteiger partial charge in [0.05, 0.1) is 29.6 Å². The van der Waals surface area contributed by atoms with Crippen LogP contribution in [0, 0.1) is 18.8 Å². The van der Waals surface area contributed by atoms with Crippen molar-refractivity contribution in [3.63, 3.8) is 0 Å². The fraction of sp³-hybridized carbons (Fsp3) is 0.406. The van der Waals surface area contributed by atoms with Gasteiger partial charge in [0.15, 0.2) is 0 Å². The standard InChI is InChI=1S/C32H39NO6S/c1-22(2)19-28(29(34)17-18-38-21-24-9-5-4-6-10-24)32(35)39-30-20-25-11-7-8-12-27(25)31(30)33-40(36,37)26-15-13-23(3)14-16-26/h4-16,22,28-31,33-34H,17-21H2,1-3H3/t28-,29-,30+,31-/m0/s1. The van der Waals surface area contributed by atoms with Gasteiger partial charge in [-0.3, -0.25) is 4.79 Å². The molecule has 0 amide bonds. The number of hydrogen-bond acceptors (Lipinski definition) is 6. The number of sulfonamides is 1. The molecular formula is C32H39NO6S. The van der Waals surface area contributed by atoms with Crippen molar-refractivity contribution >= 4 is 16.0 Å². The third-order valence-corrected chi connectivity index (χ3v) is 8.68. The Labute approximate surface area is 237 Å². The fourth-order valence-electron chi connectivity index (χ4n) is 5.08. The van der Waals surface area contributed by atoms with Gasteiger partial charge in [-0.25, -0.2) is 8.42 Å². The van der Waals surface area contributed by atoms with Gasteiger partial charge >= 0.3 is 5.97 Å². The van der Waals surface area contributed by atoms with E-state index in [4.69, 9.17) is 9.47 Å². The molecule has 4 atom stereocenters. The van der Waals surface area contributed by atoms with Crippen molar-refractivity contribution in [1.29, 1.82) is 0 Å². The first-order valence-corrected chi connectivity index (χ1v) is 15.3. The molecule has 1 aliphatic rings. The molecule has 0 fully saturated rings. The quantitative estimate of drug-likeness (QED) is 0.221. The minimum Gasteiger partial charge on any atom is -0.460 e. The first-order valence-electron chi connectivity index (χ1n) is 13.8. The smallest absolute Gasteiger partial charge is 0.311 e. The van der Waals surface area contributed by atoms with Crippen LogP contribution in [-0.2, 0) is 37.3 Å². The normalized spacial score (nSPS) is 18.3. The van der Waals surface area contributed by atoms with Gasteiger partial charge in [-0.2, -0.15) is 4.72 Å². The Bertz CT molecular complexity index is 1360. The highest BCUT2D eigenvalue weighted by molar-refractivity contribution is 7.89. The van der Waals surface area contributed by atoms with Gasteiger partial charge in [0, 0.05) is 13.0 Å². The second-order valence-corrected chi connectivity index (χ2v) is 12.6. The third kappa shape index (κ3) is 7.79. The molecule has 0 aliphatic heterocycles. The van der Waals surface area contributed by atoms with Gasteiger partial charge in [-0.1, -0.05) is 86.1 Å². The number of aliphatic hydroxyl groups excluding tert-OH is 1. The average molecular weight is 566 g/mol. The predicted octanol–water partition coefficient (Wildman–Crippen LogP) is 5.11. The van der Waals surface area contributed by atoms with E-state index in [1.54, 1.807) is 24.3 Å². The molecule has 3 aromatic rings. The van der Waals surface area contributed by atoms with Gasteiger partial charge in [-0.15, -0.1) is 0 Å². The Kier molecular flexibility index (Phi) is 10.1. The minimum atomic E-state index is -3.87. The topological polar surface area (TPSA) is 102 Å². The molecule has 0 saturated heterocycles. The second-order valence-electron chi connectivity index (χ2n) is 10.9. The summed E-state index contributed by atoms with van der Waals surface area (Å²) in [6, 6.07) is 23.2. The summed E-state index contributed by atoms with van der Waals surface area (Å²) >= 11 is 0. The zero-order valence-electron chi connectivity index (χ0n) is 23.3. The maximum Gasteiger partial charge on any atom is 0.311 e. The zero-order chi connectivity index (χ0) is 28.7. The van der Waals surface area contributed by atoms with Crippen LogP contribution in [-0.4, -0.2) is 38.3 Å². The lowest BCUT2D eigenvalue weighted by Gasteiger charge is -2.27. The van der Waals surface area contributed by atoms with E-state index in [1.807, 2.05) is 75.4 Å². The summed E-state index contributed by atoms with van der Waals surface area (Å²) in [5, 5.41) is 11.0. The number of carbonyl (C=O) groups is 1. The lowest BCUT2D eigenvalue weighted by atomic mass is 9.90. The number of benzene rings is 3. The molecule has 0 heterocycles. The molecule has 0 unspecified atom stereocenters. The Morgan fingerprint density at radius 2 is 1.68 bits per heavy atom. The van der Waals surface area contributed by atoms with Crippen molar-refractivity contribution in [3.05, 3.63) is 101 Å². The molecular weight excluding hydrogens is 526 g/mol. The van der Waals surface area contributed by atoms with Crippen LogP contribution in [0.1, 0.15) is 55.0 Å². The van der Waals surface area contributed by atoms with Crippen LogP contribution < -0.4 is 4.72 Å². The van der Waals surface area contributed by atoms with E-state index < -0.39 is 40.2 Å². The van der Waals surface area contributed by atoms with E-state index in [2.05, 4.69) is 4.72 Å². The molecule has 8 heteroatoms. The summed E-state index contributed by atoms with van der Waals surface area (Å²) in [4.78, 5) is 13.6. The average Bonchev–Trinajstić information content (AvgIpc) is 3.26. The van der Waals surface area contributed by atoms with E-state index >= 15 is 0 Å². The summed E-state index contributed by atoms with van der Waals surface area (Å²) in [6.45, 7) is 6.59. The molecule has 1 aliphatic carbocycles. The van der Waals surface area contributed by atoms with E-state index in [0.29, 0.717) is 26.1 Å². The van der Waals surface area contributed by atoms with E-state index in [0.717, 1.165) is 22.3 Å². The Balaban J connectivity index is 1.45. The largest absolute Gasteiger partial charge is 0.460 e. The van der Waals surface area contributed by atoms with Crippen LogP contribution in [0.15, 0.2) is 83.8 Å². The van der Waals surface area contributed by atoms with Gasteiger partial charge in [0.25, 0.3) is 0 Å². The minimum absolute atomic E-state index is 0.147. The molecule has 40 heavy (non-hydrogen) atoms. The Hall–Kier alpha value is -3.04. The number of ether oxygens (including phenoxy) is 2. The van der Waals surface area contributed by atoms with Crippen LogP contribution in [0.2, 0.25) is 0 Å². The molecule has 3 aromatic carbocycles. The number of fused-ring (bicyclic) bond motifs is 1. The third-order valence-electron chi connectivity index (χ3n) is 7.23. The summed E-state index contributed by atoms with van der Waals surface area (Å²) in [5.41, 5.74) is 3.70. The van der Waals surface area contributed by atoms with Crippen LogP contribution in [0.3, 0.4) is 0 Å². The number of aryl methyl sites for hydroxylation is 1. The monoisotopic (exact) mass is 565 g/mol. The highest BCUT2D eigenvalue weighted by Crippen LogP contribution is 2.35. The molecule has 214 valence electrons. The van der Waals surface area contributed by atoms with Gasteiger partial charge in [0.2, 0.25) is 10.0 Å². The predicted molar refractivity (Wildman–Crippen MR) is 154 cm³/mol. The van der Waals surface area contributed by atoms with Crippen molar-refractivity contribution < 1.29 is 27.8 Å². The van der Waals surface area contributed by atoms with Gasteiger partial charge < -0.3 is 14.6 Å². The Morgan fingerprint density at radius 3 is 2.38 bits per heavy atom. The van der Waals surface area contributed by atoms with Crippen LogP contribution >= 0.6 is 0 Å². The molecule has 0 bridgehead atoms. The van der Waals surface area contributed by atoms with E-state index in [1.165, 1.54) is 0 Å². The molecule has 7 nitrogen and oxygen atoms in total. The molecule has 2 N–H and O–H groups in total. The zero-order valence-corrected chi connectivity index (χ0v) is 24.1. The van der Waals surface area contributed by atoms with Crippen LogP contribution in [0.25, 0.3) is 0 Å².